The van der Waals surface area contributed by atoms with Gasteiger partial charge in [0.05, 0.1) is 16.3 Å². The third kappa shape index (κ3) is 2.67. The lowest BCUT2D eigenvalue weighted by molar-refractivity contribution is 0.594. The smallest absolute Gasteiger partial charge is 0.264 e. The summed E-state index contributed by atoms with van der Waals surface area (Å²) in [6.45, 7) is 0. The molecule has 0 aliphatic heterocycles. The predicted molar refractivity (Wildman–Crippen MR) is 77.9 cm³/mol. The van der Waals surface area contributed by atoms with Crippen molar-refractivity contribution in [3.8, 4) is 0 Å². The highest BCUT2D eigenvalue weighted by atomic mass is 35.5. The van der Waals surface area contributed by atoms with Crippen molar-refractivity contribution >= 4 is 33.0 Å². The monoisotopic (exact) mass is 296 g/mol. The van der Waals surface area contributed by atoms with Crippen LogP contribution in [0.3, 0.4) is 0 Å². The van der Waals surface area contributed by atoms with E-state index in [1.807, 2.05) is 0 Å². The highest BCUT2D eigenvalue weighted by Gasteiger charge is 2.22. The summed E-state index contributed by atoms with van der Waals surface area (Å²) in [5, 5.41) is 0.430. The Bertz CT molecular complexity index is 687. The van der Waals surface area contributed by atoms with Gasteiger partial charge in [0, 0.05) is 12.1 Å². The van der Waals surface area contributed by atoms with Crippen molar-refractivity contribution in [2.45, 2.75) is 4.90 Å². The molecule has 0 aromatic heterocycles. The zero-order chi connectivity index (χ0) is 14.0. The molecule has 0 aliphatic carbocycles. The van der Waals surface area contributed by atoms with Crippen LogP contribution in [0.25, 0.3) is 0 Å². The van der Waals surface area contributed by atoms with E-state index in [0.717, 1.165) is 4.31 Å². The van der Waals surface area contributed by atoms with Crippen LogP contribution in [0.2, 0.25) is 5.02 Å². The summed E-state index contributed by atoms with van der Waals surface area (Å²) in [6.07, 6.45) is 0. The third-order valence-corrected chi connectivity index (χ3v) is 4.75. The predicted octanol–water partition coefficient (Wildman–Crippen LogP) is 2.75. The van der Waals surface area contributed by atoms with Crippen molar-refractivity contribution in [3.63, 3.8) is 0 Å². The average Bonchev–Trinajstić information content (AvgIpc) is 2.41. The molecule has 0 aliphatic rings. The minimum atomic E-state index is -3.64. The van der Waals surface area contributed by atoms with E-state index in [2.05, 4.69) is 0 Å². The molecule has 0 bridgehead atoms. The average molecular weight is 297 g/mol. The van der Waals surface area contributed by atoms with E-state index >= 15 is 0 Å². The molecule has 2 N–H and O–H groups in total. The molecule has 19 heavy (non-hydrogen) atoms. The minimum Gasteiger partial charge on any atom is -0.397 e. The lowest BCUT2D eigenvalue weighted by atomic mass is 10.3. The number of nitrogens with zero attached hydrogens (tertiary/aromatic N) is 1. The summed E-state index contributed by atoms with van der Waals surface area (Å²) in [5.74, 6) is 0. The van der Waals surface area contributed by atoms with Crippen molar-refractivity contribution in [2.24, 2.45) is 0 Å². The molecule has 0 spiro atoms. The van der Waals surface area contributed by atoms with Crippen molar-refractivity contribution in [2.75, 3.05) is 17.1 Å². The molecule has 0 fully saturated rings. The van der Waals surface area contributed by atoms with Crippen LogP contribution in [0.4, 0.5) is 11.4 Å². The van der Waals surface area contributed by atoms with Gasteiger partial charge in [-0.25, -0.2) is 8.42 Å². The zero-order valence-corrected chi connectivity index (χ0v) is 11.8. The second kappa shape index (κ2) is 5.11. The van der Waals surface area contributed by atoms with Gasteiger partial charge < -0.3 is 5.73 Å². The molecule has 4 nitrogen and oxygen atoms in total. The molecule has 0 unspecified atom stereocenters. The maximum atomic E-state index is 12.4. The van der Waals surface area contributed by atoms with Gasteiger partial charge in [0.25, 0.3) is 10.0 Å². The normalized spacial score (nSPS) is 11.3. The maximum absolute atomic E-state index is 12.4. The van der Waals surface area contributed by atoms with Gasteiger partial charge in [-0.05, 0) is 30.3 Å². The Morgan fingerprint density at radius 1 is 1.11 bits per heavy atom. The van der Waals surface area contributed by atoms with E-state index in [4.69, 9.17) is 17.3 Å². The van der Waals surface area contributed by atoms with E-state index in [0.29, 0.717) is 16.4 Å². The number of hydrogen-bond acceptors (Lipinski definition) is 3. The summed E-state index contributed by atoms with van der Waals surface area (Å²) in [5.41, 5.74) is 6.51. The van der Waals surface area contributed by atoms with Gasteiger partial charge >= 0.3 is 0 Å². The van der Waals surface area contributed by atoms with Crippen LogP contribution in [-0.4, -0.2) is 15.5 Å². The summed E-state index contributed by atoms with van der Waals surface area (Å²) in [4.78, 5) is 0.205. The zero-order valence-electron chi connectivity index (χ0n) is 10.2. The topological polar surface area (TPSA) is 63.4 Å². The van der Waals surface area contributed by atoms with Gasteiger partial charge in [-0.3, -0.25) is 4.31 Å². The van der Waals surface area contributed by atoms with Gasteiger partial charge in [-0.1, -0.05) is 29.8 Å². The van der Waals surface area contributed by atoms with Crippen molar-refractivity contribution < 1.29 is 8.42 Å². The molecular formula is C13H13ClN2O2S. The van der Waals surface area contributed by atoms with E-state index in [1.165, 1.54) is 25.2 Å². The van der Waals surface area contributed by atoms with E-state index < -0.39 is 10.0 Å². The van der Waals surface area contributed by atoms with Crippen LogP contribution in [0.15, 0.2) is 53.4 Å². The molecule has 2 aromatic carbocycles. The first kappa shape index (κ1) is 13.7. The van der Waals surface area contributed by atoms with Gasteiger partial charge in [-0.2, -0.15) is 0 Å². The summed E-state index contributed by atoms with van der Waals surface area (Å²) in [6, 6.07) is 12.9. The fourth-order valence-corrected chi connectivity index (χ4v) is 3.07. The molecule has 6 heteroatoms. The molecule has 0 saturated heterocycles. The fraction of sp³-hybridized carbons (Fsp3) is 0.0769. The first-order valence-corrected chi connectivity index (χ1v) is 7.34. The first-order chi connectivity index (χ1) is 8.93. The van der Waals surface area contributed by atoms with Crippen LogP contribution in [0, 0.1) is 0 Å². The highest BCUT2D eigenvalue weighted by molar-refractivity contribution is 7.92. The Kier molecular flexibility index (Phi) is 3.68. The summed E-state index contributed by atoms with van der Waals surface area (Å²) >= 11 is 5.88. The van der Waals surface area contributed by atoms with E-state index in [1.54, 1.807) is 30.3 Å². The van der Waals surface area contributed by atoms with Crippen LogP contribution < -0.4 is 10.0 Å². The maximum Gasteiger partial charge on any atom is 0.264 e. The van der Waals surface area contributed by atoms with Crippen LogP contribution in [0.1, 0.15) is 0 Å². The number of nitrogens with two attached hydrogens (primary N) is 1. The van der Waals surface area contributed by atoms with Gasteiger partial charge in [-0.15, -0.1) is 0 Å². The Morgan fingerprint density at radius 2 is 1.74 bits per heavy atom. The largest absolute Gasteiger partial charge is 0.397 e. The number of benzene rings is 2. The molecule has 100 valence electrons. The standard InChI is InChI=1S/C13H13ClN2O2S/c1-16(13-9-10(14)7-8-12(13)15)19(17,18)11-5-3-2-4-6-11/h2-9H,15H2,1H3. The van der Waals surface area contributed by atoms with Crippen LogP contribution >= 0.6 is 11.6 Å². The molecule has 2 aromatic rings. The second-order valence-corrected chi connectivity index (χ2v) is 6.39. The Morgan fingerprint density at radius 3 is 2.37 bits per heavy atom. The number of nitrogen functional groups attached to an aromatic ring is 1. The number of anilines is 2. The summed E-state index contributed by atoms with van der Waals surface area (Å²) in [7, 11) is -2.19. The second-order valence-electron chi connectivity index (χ2n) is 3.99. The van der Waals surface area contributed by atoms with Crippen LogP contribution in [-0.2, 0) is 10.0 Å². The molecule has 2 rings (SSSR count). The van der Waals surface area contributed by atoms with Crippen molar-refractivity contribution in [1.29, 1.82) is 0 Å². The lowest BCUT2D eigenvalue weighted by Gasteiger charge is -2.21. The minimum absolute atomic E-state index is 0.205. The Balaban J connectivity index is 2.50. The molecular weight excluding hydrogens is 284 g/mol. The molecule has 0 atom stereocenters. The first-order valence-electron chi connectivity index (χ1n) is 5.52. The van der Waals surface area contributed by atoms with E-state index in [9.17, 15) is 8.42 Å². The molecule has 0 amide bonds. The van der Waals surface area contributed by atoms with E-state index in [-0.39, 0.29) is 4.90 Å². The highest BCUT2D eigenvalue weighted by Crippen LogP contribution is 2.29. The number of halogens is 1. The lowest BCUT2D eigenvalue weighted by Crippen LogP contribution is -2.27. The number of rotatable bonds is 3. The van der Waals surface area contributed by atoms with Gasteiger partial charge in [0.15, 0.2) is 0 Å². The van der Waals surface area contributed by atoms with Gasteiger partial charge in [0.2, 0.25) is 0 Å². The number of hydrogen-bond donors (Lipinski definition) is 1. The fourth-order valence-electron chi connectivity index (χ4n) is 1.67. The van der Waals surface area contributed by atoms with Crippen molar-refractivity contribution in [1.82, 2.24) is 0 Å². The van der Waals surface area contributed by atoms with Crippen LogP contribution in [0.5, 0.6) is 0 Å². The SMILES string of the molecule is CN(c1cc(Cl)ccc1N)S(=O)(=O)c1ccccc1. The third-order valence-electron chi connectivity index (χ3n) is 2.73. The Hall–Kier alpha value is -1.72. The van der Waals surface area contributed by atoms with Crippen molar-refractivity contribution in [3.05, 3.63) is 53.6 Å². The van der Waals surface area contributed by atoms with Gasteiger partial charge in [0.1, 0.15) is 0 Å². The molecule has 0 saturated carbocycles. The molecule has 0 heterocycles. The number of sulfonamides is 1. The summed E-state index contributed by atoms with van der Waals surface area (Å²) < 4.78 is 26.0. The Labute approximate surface area is 117 Å². The molecule has 0 radical (unpaired) electrons. The quantitative estimate of drug-likeness (QED) is 0.886.